The van der Waals surface area contributed by atoms with Crippen molar-refractivity contribution in [1.29, 1.82) is 0 Å². The fourth-order valence-corrected chi connectivity index (χ4v) is 3.90. The first-order valence-electron chi connectivity index (χ1n) is 11.0. The smallest absolute Gasteiger partial charge is 0.329 e. The van der Waals surface area contributed by atoms with Gasteiger partial charge in [0.1, 0.15) is 0 Å². The van der Waals surface area contributed by atoms with E-state index in [1.165, 1.54) is 11.9 Å². The summed E-state index contributed by atoms with van der Waals surface area (Å²) in [6, 6.07) is 3.36. The van der Waals surface area contributed by atoms with E-state index in [0.29, 0.717) is 36.4 Å². The number of benzene rings is 1. The molecule has 3 aromatic heterocycles. The number of aryl methyl sites for hydroxylation is 3. The van der Waals surface area contributed by atoms with Crippen molar-refractivity contribution in [3.8, 4) is 0 Å². The third-order valence-electron chi connectivity index (χ3n) is 5.58. The van der Waals surface area contributed by atoms with Gasteiger partial charge in [-0.3, -0.25) is 0 Å². The van der Waals surface area contributed by atoms with Gasteiger partial charge in [0.15, 0.2) is 5.65 Å². The first-order valence-corrected chi connectivity index (χ1v) is 11.0. The lowest BCUT2D eigenvalue weighted by Gasteiger charge is -2.23. The molecule has 0 unspecified atom stereocenters. The number of tetrazole rings is 1. The number of hydrogen-bond acceptors (Lipinski definition) is 6. The maximum Gasteiger partial charge on any atom is 0.416 e. The van der Waals surface area contributed by atoms with Crippen molar-refractivity contribution in [3.63, 3.8) is 0 Å². The molecule has 1 aromatic carbocycles. The van der Waals surface area contributed by atoms with Gasteiger partial charge in [-0.2, -0.15) is 36.2 Å². The Morgan fingerprint density at radius 3 is 2.11 bits per heavy atom. The number of anilines is 1. The van der Waals surface area contributed by atoms with Gasteiger partial charge in [-0.05, 0) is 54.0 Å². The van der Waals surface area contributed by atoms with Gasteiger partial charge in [0.05, 0.1) is 24.4 Å². The molecular weight excluding hydrogens is 490 g/mol. The Kier molecular flexibility index (Phi) is 6.62. The van der Waals surface area contributed by atoms with Crippen LogP contribution in [-0.4, -0.2) is 35.0 Å². The molecule has 0 bridgehead atoms. The van der Waals surface area contributed by atoms with Crippen LogP contribution in [0.3, 0.4) is 0 Å². The van der Waals surface area contributed by atoms with Gasteiger partial charge in [-0.15, -0.1) is 5.10 Å². The minimum atomic E-state index is -4.95. The molecule has 14 heteroatoms. The third-order valence-corrected chi connectivity index (χ3v) is 5.58. The van der Waals surface area contributed by atoms with E-state index in [1.54, 1.807) is 10.9 Å². The molecule has 0 saturated heterocycles. The maximum absolute atomic E-state index is 13.4. The molecule has 0 radical (unpaired) electrons. The van der Waals surface area contributed by atoms with Gasteiger partial charge >= 0.3 is 12.4 Å². The van der Waals surface area contributed by atoms with Crippen molar-refractivity contribution >= 4 is 17.0 Å². The molecule has 8 nitrogen and oxygen atoms in total. The van der Waals surface area contributed by atoms with Crippen LogP contribution in [0, 0.1) is 0 Å². The summed E-state index contributed by atoms with van der Waals surface area (Å²) in [6.45, 7) is 4.20. The highest BCUT2D eigenvalue weighted by atomic mass is 19.4. The summed E-state index contributed by atoms with van der Waals surface area (Å²) in [5.74, 6) is 0.0508. The van der Waals surface area contributed by atoms with E-state index in [0.717, 1.165) is 15.7 Å². The minimum absolute atomic E-state index is 0.0508. The van der Waals surface area contributed by atoms with E-state index < -0.39 is 23.5 Å². The first kappa shape index (κ1) is 25.4. The van der Waals surface area contributed by atoms with Crippen LogP contribution in [0.4, 0.5) is 32.3 Å². The molecule has 0 aliphatic heterocycles. The summed E-state index contributed by atoms with van der Waals surface area (Å²) in [7, 11) is 1.50. The van der Waals surface area contributed by atoms with E-state index >= 15 is 0 Å². The first-order chi connectivity index (χ1) is 16.9. The number of nitrogens with zero attached hydrogens (tertiary/aromatic N) is 8. The van der Waals surface area contributed by atoms with Crippen LogP contribution in [0.2, 0.25) is 0 Å². The SMILES string of the molecule is CCc1nc2c(cnn2CC)cc1CN(Cc1cc(C(F)(F)F)cc(C(F)(F)F)c1)c1nnn(C)n1. The van der Waals surface area contributed by atoms with Crippen LogP contribution in [0.25, 0.3) is 11.0 Å². The molecule has 4 rings (SSSR count). The Morgan fingerprint density at radius 2 is 1.58 bits per heavy atom. The van der Waals surface area contributed by atoms with Crippen LogP contribution in [-0.2, 0) is 45.5 Å². The Labute approximate surface area is 201 Å². The van der Waals surface area contributed by atoms with Crippen molar-refractivity contribution in [2.75, 3.05) is 4.90 Å². The molecule has 4 aromatic rings. The second kappa shape index (κ2) is 9.39. The van der Waals surface area contributed by atoms with Gasteiger partial charge in [-0.1, -0.05) is 12.0 Å². The average Bonchev–Trinajstić information content (AvgIpc) is 3.42. The van der Waals surface area contributed by atoms with Crippen molar-refractivity contribution in [1.82, 2.24) is 35.0 Å². The zero-order valence-electron chi connectivity index (χ0n) is 19.6. The third kappa shape index (κ3) is 5.26. The van der Waals surface area contributed by atoms with E-state index in [-0.39, 0.29) is 30.7 Å². The van der Waals surface area contributed by atoms with Gasteiger partial charge in [-0.25, -0.2) is 9.67 Å². The lowest BCUT2D eigenvalue weighted by Crippen LogP contribution is -2.25. The van der Waals surface area contributed by atoms with Crippen molar-refractivity contribution in [3.05, 3.63) is 58.4 Å². The van der Waals surface area contributed by atoms with Gasteiger partial charge < -0.3 is 4.90 Å². The Bertz CT molecular complexity index is 1340. The standard InChI is InChI=1S/C22H22F6N8/c1-4-18-15(8-14-10-29-36(5-2)19(14)30-18)12-35(20-31-33-34(3)32-20)11-13-6-16(21(23,24)25)9-17(7-13)22(26,27)28/h6-10H,4-5,11-12H2,1-3H3. The van der Waals surface area contributed by atoms with Crippen LogP contribution in [0.1, 0.15) is 41.8 Å². The summed E-state index contributed by atoms with van der Waals surface area (Å²) < 4.78 is 82.1. The van der Waals surface area contributed by atoms with Crippen molar-refractivity contribution < 1.29 is 26.3 Å². The number of hydrogen-bond donors (Lipinski definition) is 0. The van der Waals surface area contributed by atoms with Crippen LogP contribution < -0.4 is 4.90 Å². The quantitative estimate of drug-likeness (QED) is 0.332. The van der Waals surface area contributed by atoms with Crippen molar-refractivity contribution in [2.45, 2.75) is 52.3 Å². The number of fused-ring (bicyclic) bond motifs is 1. The Hall–Kier alpha value is -3.71. The van der Waals surface area contributed by atoms with E-state index in [1.807, 2.05) is 19.9 Å². The fourth-order valence-electron chi connectivity index (χ4n) is 3.90. The number of rotatable bonds is 7. The summed E-state index contributed by atoms with van der Waals surface area (Å²) in [6.07, 6.45) is -7.70. The summed E-state index contributed by atoms with van der Waals surface area (Å²) in [5, 5.41) is 16.9. The van der Waals surface area contributed by atoms with Crippen LogP contribution in [0.15, 0.2) is 30.5 Å². The minimum Gasteiger partial charge on any atom is -0.329 e. The predicted octanol–water partition coefficient (Wildman–Crippen LogP) is 4.78. The molecule has 0 N–H and O–H groups in total. The topological polar surface area (TPSA) is 77.5 Å². The molecule has 36 heavy (non-hydrogen) atoms. The molecule has 0 spiro atoms. The summed E-state index contributed by atoms with van der Waals surface area (Å²) in [4.78, 5) is 7.31. The number of alkyl halides is 6. The Morgan fingerprint density at radius 1 is 0.917 bits per heavy atom. The highest BCUT2D eigenvalue weighted by molar-refractivity contribution is 5.75. The molecule has 0 fully saturated rings. The lowest BCUT2D eigenvalue weighted by molar-refractivity contribution is -0.143. The zero-order chi connectivity index (χ0) is 26.3. The van der Waals surface area contributed by atoms with E-state index in [9.17, 15) is 26.3 Å². The predicted molar refractivity (Wildman–Crippen MR) is 118 cm³/mol. The normalized spacial score (nSPS) is 12.5. The highest BCUT2D eigenvalue weighted by Gasteiger charge is 2.37. The molecule has 0 amide bonds. The molecule has 0 aliphatic carbocycles. The monoisotopic (exact) mass is 512 g/mol. The molecule has 0 atom stereocenters. The Balaban J connectivity index is 1.77. The number of pyridine rings is 1. The van der Waals surface area contributed by atoms with Crippen molar-refractivity contribution in [2.24, 2.45) is 7.05 Å². The van der Waals surface area contributed by atoms with Crippen LogP contribution in [0.5, 0.6) is 0 Å². The molecule has 192 valence electrons. The molecular formula is C22H22F6N8. The van der Waals surface area contributed by atoms with Gasteiger partial charge in [0, 0.05) is 30.7 Å². The fraction of sp³-hybridized carbons (Fsp3) is 0.409. The van der Waals surface area contributed by atoms with Crippen LogP contribution >= 0.6 is 0 Å². The summed E-state index contributed by atoms with van der Waals surface area (Å²) in [5.41, 5.74) is -0.847. The lowest BCUT2D eigenvalue weighted by atomic mass is 10.0. The van der Waals surface area contributed by atoms with E-state index in [4.69, 9.17) is 4.98 Å². The van der Waals surface area contributed by atoms with E-state index in [2.05, 4.69) is 20.5 Å². The highest BCUT2D eigenvalue weighted by Crippen LogP contribution is 2.37. The number of halogens is 6. The molecule has 3 heterocycles. The zero-order valence-corrected chi connectivity index (χ0v) is 19.6. The molecule has 0 aliphatic rings. The second-order valence-electron chi connectivity index (χ2n) is 8.17. The maximum atomic E-state index is 13.4. The summed E-state index contributed by atoms with van der Waals surface area (Å²) >= 11 is 0. The largest absolute Gasteiger partial charge is 0.416 e. The van der Waals surface area contributed by atoms with Gasteiger partial charge in [0.25, 0.3) is 5.95 Å². The number of aromatic nitrogens is 7. The second-order valence-corrected chi connectivity index (χ2v) is 8.17. The van der Waals surface area contributed by atoms with Gasteiger partial charge in [0.2, 0.25) is 0 Å². The molecule has 0 saturated carbocycles. The average molecular weight is 512 g/mol.